The van der Waals surface area contributed by atoms with Gasteiger partial charge in [0.25, 0.3) is 0 Å². The van der Waals surface area contributed by atoms with Gasteiger partial charge in [-0.25, -0.2) is 4.98 Å². The van der Waals surface area contributed by atoms with Crippen molar-refractivity contribution in [1.82, 2.24) is 4.98 Å². The Hall–Kier alpha value is -1.05. The van der Waals surface area contributed by atoms with Crippen LogP contribution in [-0.4, -0.2) is 11.0 Å². The summed E-state index contributed by atoms with van der Waals surface area (Å²) in [7, 11) is 0. The van der Waals surface area contributed by atoms with Crippen LogP contribution in [-0.2, 0) is 0 Å². The van der Waals surface area contributed by atoms with Gasteiger partial charge in [-0.05, 0) is 44.2 Å². The summed E-state index contributed by atoms with van der Waals surface area (Å²) >= 11 is 0. The van der Waals surface area contributed by atoms with Gasteiger partial charge >= 0.3 is 0 Å². The number of anilines is 1. The first-order chi connectivity index (χ1) is 7.29. The molecule has 1 aliphatic carbocycles. The molecule has 1 aromatic heterocycles. The number of aromatic nitrogens is 1. The minimum Gasteiger partial charge on any atom is -0.367 e. The molecule has 1 aliphatic rings. The molecule has 1 fully saturated rings. The van der Waals surface area contributed by atoms with Gasteiger partial charge in [-0.15, -0.1) is 0 Å². The highest BCUT2D eigenvalue weighted by atomic mass is 15.0. The number of nitrogens with one attached hydrogen (secondary N) is 1. The van der Waals surface area contributed by atoms with Crippen molar-refractivity contribution in [3.63, 3.8) is 0 Å². The summed E-state index contributed by atoms with van der Waals surface area (Å²) in [6.45, 7) is 4.29. The van der Waals surface area contributed by atoms with Gasteiger partial charge in [0.05, 0.1) is 0 Å². The highest BCUT2D eigenvalue weighted by Crippen LogP contribution is 2.35. The first-order valence-electron chi connectivity index (χ1n) is 6.00. The molecule has 0 bridgehead atoms. The van der Waals surface area contributed by atoms with Crippen LogP contribution in [0.2, 0.25) is 0 Å². The highest BCUT2D eigenvalue weighted by Gasteiger charge is 2.30. The Morgan fingerprint density at radius 2 is 2.27 bits per heavy atom. The third-order valence-corrected chi connectivity index (χ3v) is 3.01. The Labute approximate surface area is 92.1 Å². The number of pyridine rings is 1. The van der Waals surface area contributed by atoms with Crippen molar-refractivity contribution in [2.24, 2.45) is 5.92 Å². The Morgan fingerprint density at radius 1 is 1.47 bits per heavy atom. The molecule has 1 atom stereocenters. The quantitative estimate of drug-likeness (QED) is 0.795. The van der Waals surface area contributed by atoms with Gasteiger partial charge in [0.2, 0.25) is 0 Å². The van der Waals surface area contributed by atoms with Gasteiger partial charge in [0.15, 0.2) is 0 Å². The molecular weight excluding hydrogens is 184 g/mol. The summed E-state index contributed by atoms with van der Waals surface area (Å²) in [5.41, 5.74) is 1.09. The normalized spacial score (nSPS) is 17.5. The largest absolute Gasteiger partial charge is 0.367 e. The molecule has 1 aromatic rings. The van der Waals surface area contributed by atoms with Gasteiger partial charge < -0.3 is 5.32 Å². The highest BCUT2D eigenvalue weighted by molar-refractivity contribution is 5.36. The van der Waals surface area contributed by atoms with Crippen LogP contribution in [0.5, 0.6) is 0 Å². The van der Waals surface area contributed by atoms with Crippen LogP contribution in [0.4, 0.5) is 5.82 Å². The summed E-state index contributed by atoms with van der Waals surface area (Å²) in [5.74, 6) is 1.94. The molecule has 15 heavy (non-hydrogen) atoms. The van der Waals surface area contributed by atoms with Crippen LogP contribution in [0.25, 0.3) is 0 Å². The molecule has 82 valence electrons. The molecule has 0 aliphatic heterocycles. The van der Waals surface area contributed by atoms with E-state index in [0.29, 0.717) is 6.04 Å². The lowest BCUT2D eigenvalue weighted by Gasteiger charge is -2.18. The van der Waals surface area contributed by atoms with Gasteiger partial charge in [-0.1, -0.05) is 19.4 Å². The molecule has 1 heterocycles. The van der Waals surface area contributed by atoms with Crippen molar-refractivity contribution >= 4 is 5.82 Å². The van der Waals surface area contributed by atoms with E-state index in [1.807, 2.05) is 13.0 Å². The Kier molecular flexibility index (Phi) is 3.24. The van der Waals surface area contributed by atoms with E-state index in [1.54, 1.807) is 0 Å². The fourth-order valence-corrected chi connectivity index (χ4v) is 2.05. The summed E-state index contributed by atoms with van der Waals surface area (Å²) in [6.07, 6.45) is 5.30. The molecule has 1 N–H and O–H groups in total. The summed E-state index contributed by atoms with van der Waals surface area (Å²) in [4.78, 5) is 4.49. The van der Waals surface area contributed by atoms with Crippen molar-refractivity contribution in [3.05, 3.63) is 23.9 Å². The molecule has 0 radical (unpaired) electrons. The second-order valence-corrected chi connectivity index (χ2v) is 4.54. The molecule has 1 unspecified atom stereocenters. The number of aryl methyl sites for hydroxylation is 1. The fraction of sp³-hybridized carbons (Fsp3) is 0.615. The number of rotatable bonds is 5. The van der Waals surface area contributed by atoms with Crippen LogP contribution in [0.1, 0.15) is 38.3 Å². The predicted molar refractivity (Wildman–Crippen MR) is 64.0 cm³/mol. The van der Waals surface area contributed by atoms with Crippen molar-refractivity contribution in [3.8, 4) is 0 Å². The van der Waals surface area contributed by atoms with E-state index in [0.717, 1.165) is 17.4 Å². The maximum Gasteiger partial charge on any atom is 0.126 e. The number of hydrogen-bond acceptors (Lipinski definition) is 2. The molecule has 0 amide bonds. The van der Waals surface area contributed by atoms with E-state index in [1.165, 1.54) is 25.7 Å². The Balaban J connectivity index is 1.98. The predicted octanol–water partition coefficient (Wildman–Crippen LogP) is 3.38. The topological polar surface area (TPSA) is 24.9 Å². The lowest BCUT2D eigenvalue weighted by molar-refractivity contribution is 0.575. The van der Waals surface area contributed by atoms with Gasteiger partial charge in [0.1, 0.15) is 5.82 Å². The van der Waals surface area contributed by atoms with Gasteiger partial charge in [-0.3, -0.25) is 0 Å². The molecule has 2 rings (SSSR count). The summed E-state index contributed by atoms with van der Waals surface area (Å²) in [6, 6.07) is 6.82. The summed E-state index contributed by atoms with van der Waals surface area (Å²) < 4.78 is 0. The zero-order valence-corrected chi connectivity index (χ0v) is 9.66. The average Bonchev–Trinajstić information content (AvgIpc) is 3.00. The first-order valence-corrected chi connectivity index (χ1v) is 6.00. The van der Waals surface area contributed by atoms with E-state index in [-0.39, 0.29) is 0 Å². The maximum absolute atomic E-state index is 4.49. The number of nitrogens with zero attached hydrogens (tertiary/aromatic N) is 1. The zero-order chi connectivity index (χ0) is 10.7. The smallest absolute Gasteiger partial charge is 0.126 e. The van der Waals surface area contributed by atoms with Gasteiger partial charge in [-0.2, -0.15) is 0 Å². The molecule has 0 spiro atoms. The average molecular weight is 204 g/mol. The number of hydrogen-bond donors (Lipinski definition) is 1. The summed E-state index contributed by atoms with van der Waals surface area (Å²) in [5, 5.41) is 3.57. The van der Waals surface area contributed by atoms with E-state index >= 15 is 0 Å². The molecule has 0 aromatic carbocycles. The Bertz CT molecular complexity index is 318. The zero-order valence-electron chi connectivity index (χ0n) is 9.66. The van der Waals surface area contributed by atoms with Crippen LogP contribution < -0.4 is 5.32 Å². The molecular formula is C13H20N2. The van der Waals surface area contributed by atoms with Crippen LogP contribution in [0.3, 0.4) is 0 Å². The second-order valence-electron chi connectivity index (χ2n) is 4.54. The minimum absolute atomic E-state index is 0.643. The van der Waals surface area contributed by atoms with Crippen LogP contribution in [0, 0.1) is 12.8 Å². The minimum atomic E-state index is 0.643. The van der Waals surface area contributed by atoms with E-state index in [4.69, 9.17) is 0 Å². The third kappa shape index (κ3) is 2.95. The van der Waals surface area contributed by atoms with Crippen LogP contribution >= 0.6 is 0 Å². The lowest BCUT2D eigenvalue weighted by atomic mass is 10.1. The van der Waals surface area contributed by atoms with E-state index in [2.05, 4.69) is 29.4 Å². The van der Waals surface area contributed by atoms with Crippen molar-refractivity contribution in [1.29, 1.82) is 0 Å². The Morgan fingerprint density at radius 3 is 2.87 bits per heavy atom. The first kappa shape index (κ1) is 10.5. The van der Waals surface area contributed by atoms with E-state index < -0.39 is 0 Å². The van der Waals surface area contributed by atoms with Crippen molar-refractivity contribution in [2.45, 2.75) is 45.6 Å². The van der Waals surface area contributed by atoms with Crippen LogP contribution in [0.15, 0.2) is 18.2 Å². The standard InChI is InChI=1S/C13H20N2/c1-3-5-12(11-8-9-11)15-13-7-4-6-10(2)14-13/h4,6-7,11-12H,3,5,8-9H2,1-2H3,(H,14,15). The lowest BCUT2D eigenvalue weighted by Crippen LogP contribution is -2.22. The van der Waals surface area contributed by atoms with Gasteiger partial charge in [0, 0.05) is 11.7 Å². The SMILES string of the molecule is CCCC(Nc1cccc(C)n1)C1CC1. The monoisotopic (exact) mass is 204 g/mol. The molecule has 2 nitrogen and oxygen atoms in total. The van der Waals surface area contributed by atoms with Crippen molar-refractivity contribution < 1.29 is 0 Å². The second kappa shape index (κ2) is 4.65. The van der Waals surface area contributed by atoms with Crippen molar-refractivity contribution in [2.75, 3.05) is 5.32 Å². The third-order valence-electron chi connectivity index (χ3n) is 3.01. The fourth-order valence-electron chi connectivity index (χ4n) is 2.05. The maximum atomic E-state index is 4.49. The molecule has 0 saturated heterocycles. The van der Waals surface area contributed by atoms with E-state index in [9.17, 15) is 0 Å². The molecule has 1 saturated carbocycles. The molecule has 2 heteroatoms.